The van der Waals surface area contributed by atoms with Crippen LogP contribution < -0.4 is 4.74 Å². The van der Waals surface area contributed by atoms with E-state index in [1.807, 2.05) is 0 Å². The van der Waals surface area contributed by atoms with Crippen LogP contribution in [0.3, 0.4) is 0 Å². The van der Waals surface area contributed by atoms with Gasteiger partial charge in [0.2, 0.25) is 0 Å². The molecule has 2 heteroatoms. The van der Waals surface area contributed by atoms with E-state index in [9.17, 15) is 0 Å². The highest BCUT2D eigenvalue weighted by Gasteiger charge is 2.13. The van der Waals surface area contributed by atoms with Gasteiger partial charge in [-0.1, -0.05) is 69.4 Å². The smallest absolute Gasteiger partial charge is 0.133 e. The van der Waals surface area contributed by atoms with E-state index in [4.69, 9.17) is 4.74 Å². The van der Waals surface area contributed by atoms with E-state index in [1.165, 1.54) is 80.9 Å². The quantitative estimate of drug-likeness (QED) is 0.298. The second-order valence-corrected chi connectivity index (χ2v) is 9.82. The summed E-state index contributed by atoms with van der Waals surface area (Å²) in [4.78, 5) is 0. The summed E-state index contributed by atoms with van der Waals surface area (Å²) in [5.74, 6) is 1.87. The molecule has 0 bridgehead atoms. The Morgan fingerprint density at radius 2 is 1.70 bits per heavy atom. The molecule has 163 valence electrons. The topological polar surface area (TPSA) is 9.23 Å². The Labute approximate surface area is 192 Å². The summed E-state index contributed by atoms with van der Waals surface area (Å²) >= 11 is 3.72. The number of ether oxygens (including phenoxy) is 1. The van der Waals surface area contributed by atoms with Crippen LogP contribution in [0.1, 0.15) is 83.6 Å². The second kappa shape index (κ2) is 12.5. The lowest BCUT2D eigenvalue weighted by Crippen LogP contribution is -2.11. The van der Waals surface area contributed by atoms with Crippen molar-refractivity contribution in [3.8, 4) is 16.9 Å². The van der Waals surface area contributed by atoms with Crippen molar-refractivity contribution in [2.75, 3.05) is 0 Å². The molecule has 2 aromatic rings. The van der Waals surface area contributed by atoms with E-state index in [-0.39, 0.29) is 6.10 Å². The van der Waals surface area contributed by atoms with Gasteiger partial charge in [-0.15, -0.1) is 0 Å². The Kier molecular flexibility index (Phi) is 9.78. The van der Waals surface area contributed by atoms with Crippen LogP contribution in [0.4, 0.5) is 0 Å². The van der Waals surface area contributed by atoms with Gasteiger partial charge in [-0.25, -0.2) is 0 Å². The molecule has 0 amide bonds. The summed E-state index contributed by atoms with van der Waals surface area (Å²) in [5.41, 5.74) is 3.97. The molecule has 1 radical (unpaired) electrons. The largest absolute Gasteiger partial charge is 0.490 e. The highest BCUT2D eigenvalue weighted by molar-refractivity contribution is 9.10. The van der Waals surface area contributed by atoms with E-state index in [0.717, 1.165) is 22.6 Å². The fourth-order valence-corrected chi connectivity index (χ4v) is 4.90. The maximum Gasteiger partial charge on any atom is 0.133 e. The molecule has 0 saturated heterocycles. The number of benzene rings is 2. The molecule has 0 unspecified atom stereocenters. The number of unbranched alkanes of at least 4 members (excludes halogenated alkanes) is 3. The first-order valence-electron chi connectivity index (χ1n) is 12.0. The SMILES string of the molecule is CCCCCC[C@@H](C)Oc1ccc(-c2ccc(CCC3CC[CH]CC3)cc2)cc1Br. The van der Waals surface area contributed by atoms with Crippen molar-refractivity contribution < 1.29 is 4.74 Å². The van der Waals surface area contributed by atoms with E-state index >= 15 is 0 Å². The zero-order valence-electron chi connectivity index (χ0n) is 18.8. The van der Waals surface area contributed by atoms with E-state index in [0.29, 0.717) is 0 Å². The van der Waals surface area contributed by atoms with Crippen LogP contribution in [-0.2, 0) is 6.42 Å². The predicted molar refractivity (Wildman–Crippen MR) is 133 cm³/mol. The molecular weight excluding hydrogens is 432 g/mol. The first-order chi connectivity index (χ1) is 14.7. The normalized spacial score (nSPS) is 15.8. The lowest BCUT2D eigenvalue weighted by Gasteiger charge is -2.21. The molecule has 0 N–H and O–H groups in total. The van der Waals surface area contributed by atoms with Gasteiger partial charge in [0.05, 0.1) is 10.6 Å². The maximum atomic E-state index is 6.18. The minimum absolute atomic E-state index is 0.255. The third kappa shape index (κ3) is 7.45. The minimum Gasteiger partial charge on any atom is -0.490 e. The van der Waals surface area contributed by atoms with Crippen molar-refractivity contribution >= 4 is 15.9 Å². The summed E-state index contributed by atoms with van der Waals surface area (Å²) in [5, 5.41) is 0. The molecule has 0 spiro atoms. The summed E-state index contributed by atoms with van der Waals surface area (Å²) in [6, 6.07) is 15.6. The summed E-state index contributed by atoms with van der Waals surface area (Å²) in [6.07, 6.45) is 16.9. The van der Waals surface area contributed by atoms with E-state index < -0.39 is 0 Å². The minimum atomic E-state index is 0.255. The Balaban J connectivity index is 1.52. The molecule has 1 nitrogen and oxygen atoms in total. The molecule has 1 aliphatic rings. The van der Waals surface area contributed by atoms with Crippen molar-refractivity contribution in [2.24, 2.45) is 5.92 Å². The molecular formula is C28H38BrO. The van der Waals surface area contributed by atoms with E-state index in [2.05, 4.69) is 78.7 Å². The average molecular weight is 471 g/mol. The van der Waals surface area contributed by atoms with Gasteiger partial charge < -0.3 is 4.74 Å². The molecule has 30 heavy (non-hydrogen) atoms. The van der Waals surface area contributed by atoms with Gasteiger partial charge in [-0.2, -0.15) is 0 Å². The molecule has 1 fully saturated rings. The standard InChI is InChI=1S/C28H38BrO/c1-3-4-5-7-10-22(2)30-28-20-19-26(21-27(28)29)25-17-15-24(16-18-25)14-13-23-11-8-6-9-12-23/h6,15-23H,3-5,7-14H2,1-2H3/t22-/m1/s1. The first kappa shape index (κ1) is 23.4. The number of rotatable bonds is 11. The van der Waals surface area contributed by atoms with Crippen molar-refractivity contribution in [3.63, 3.8) is 0 Å². The average Bonchev–Trinajstić information content (AvgIpc) is 2.78. The van der Waals surface area contributed by atoms with Crippen LogP contribution in [0.5, 0.6) is 5.75 Å². The third-order valence-electron chi connectivity index (χ3n) is 6.41. The second-order valence-electron chi connectivity index (χ2n) is 8.97. The molecule has 1 atom stereocenters. The van der Waals surface area contributed by atoms with Crippen LogP contribution in [0.15, 0.2) is 46.9 Å². The molecule has 1 saturated carbocycles. The van der Waals surface area contributed by atoms with Crippen molar-refractivity contribution in [2.45, 2.75) is 90.6 Å². The fraction of sp³-hybridized carbons (Fsp3) is 0.536. The number of hydrogen-bond donors (Lipinski definition) is 0. The van der Waals surface area contributed by atoms with Crippen LogP contribution in [0.2, 0.25) is 0 Å². The van der Waals surface area contributed by atoms with Gasteiger partial charge in [0.15, 0.2) is 0 Å². The highest BCUT2D eigenvalue weighted by atomic mass is 79.9. The van der Waals surface area contributed by atoms with Gasteiger partial charge >= 0.3 is 0 Å². The van der Waals surface area contributed by atoms with Gasteiger partial charge in [0, 0.05) is 0 Å². The number of aryl methyl sites for hydroxylation is 1. The maximum absolute atomic E-state index is 6.18. The van der Waals surface area contributed by atoms with Crippen LogP contribution >= 0.6 is 15.9 Å². The van der Waals surface area contributed by atoms with Gasteiger partial charge in [-0.3, -0.25) is 0 Å². The summed E-state index contributed by atoms with van der Waals surface area (Å²) in [7, 11) is 0. The van der Waals surface area contributed by atoms with E-state index in [1.54, 1.807) is 0 Å². The first-order valence-corrected chi connectivity index (χ1v) is 12.8. The lowest BCUT2D eigenvalue weighted by molar-refractivity contribution is 0.205. The number of halogens is 1. The van der Waals surface area contributed by atoms with Crippen molar-refractivity contribution in [3.05, 3.63) is 58.9 Å². The molecule has 3 rings (SSSR count). The fourth-order valence-electron chi connectivity index (χ4n) is 4.43. The lowest BCUT2D eigenvalue weighted by atomic mass is 9.85. The third-order valence-corrected chi connectivity index (χ3v) is 7.03. The van der Waals surface area contributed by atoms with Crippen molar-refractivity contribution in [1.29, 1.82) is 0 Å². The predicted octanol–water partition coefficient (Wildman–Crippen LogP) is 9.18. The van der Waals surface area contributed by atoms with Crippen LogP contribution in [0.25, 0.3) is 11.1 Å². The zero-order valence-corrected chi connectivity index (χ0v) is 20.4. The molecule has 0 aromatic heterocycles. The molecule has 1 aliphatic carbocycles. The Morgan fingerprint density at radius 1 is 0.967 bits per heavy atom. The van der Waals surface area contributed by atoms with Crippen LogP contribution in [0, 0.1) is 12.3 Å². The zero-order chi connectivity index (χ0) is 21.2. The molecule has 0 aliphatic heterocycles. The van der Waals surface area contributed by atoms with Gasteiger partial charge in [-0.05, 0) is 103 Å². The van der Waals surface area contributed by atoms with Crippen molar-refractivity contribution in [1.82, 2.24) is 0 Å². The summed E-state index contributed by atoms with van der Waals surface area (Å²) in [6.45, 7) is 4.43. The number of hydrogen-bond acceptors (Lipinski definition) is 1. The summed E-state index contributed by atoms with van der Waals surface area (Å²) < 4.78 is 7.22. The Hall–Kier alpha value is -1.28. The highest BCUT2D eigenvalue weighted by Crippen LogP contribution is 2.32. The Morgan fingerprint density at radius 3 is 2.40 bits per heavy atom. The monoisotopic (exact) mass is 469 g/mol. The van der Waals surface area contributed by atoms with Gasteiger partial charge in [0.25, 0.3) is 0 Å². The molecule has 2 aromatic carbocycles. The van der Waals surface area contributed by atoms with Gasteiger partial charge in [0.1, 0.15) is 5.75 Å². The Bertz CT molecular complexity index is 746. The molecule has 0 heterocycles. The van der Waals surface area contributed by atoms with Crippen LogP contribution in [-0.4, -0.2) is 6.10 Å².